The Morgan fingerprint density at radius 1 is 1.15 bits per heavy atom. The van der Waals surface area contributed by atoms with E-state index < -0.39 is 29.6 Å². The number of aryl methyl sites for hydroxylation is 1. The maximum Gasteiger partial charge on any atom is 0.246 e. The smallest absolute Gasteiger partial charge is 0.246 e. The fourth-order valence-electron chi connectivity index (χ4n) is 7.16. The second kappa shape index (κ2) is 11.2. The van der Waals surface area contributed by atoms with Gasteiger partial charge in [-0.25, -0.2) is 0 Å². The molecule has 8 atom stereocenters. The molecule has 5 rings (SSSR count). The number of carbonyl (C=O) groups excluding carboxylic acids is 3. The molecule has 8 heteroatoms. The van der Waals surface area contributed by atoms with E-state index in [1.807, 2.05) is 25.1 Å². The first-order chi connectivity index (χ1) is 18.7. The summed E-state index contributed by atoms with van der Waals surface area (Å²) in [5, 5.41) is 6.83. The summed E-state index contributed by atoms with van der Waals surface area (Å²) in [5.74, 6) is -1.17. The molecule has 1 aromatic rings. The molecule has 1 aliphatic carbocycles. The van der Waals surface area contributed by atoms with Crippen molar-refractivity contribution in [3.05, 3.63) is 40.9 Å². The normalized spacial score (nSPS) is 34.8. The lowest BCUT2D eigenvalue weighted by Crippen LogP contribution is -2.58. The molecule has 2 saturated heterocycles. The zero-order chi connectivity index (χ0) is 27.9. The SMILES string of the molecule is CCCCCCN1C(=O)[C@@H]2[C@H](C(=O)Nc3ccc(C)c(Cl)c3)[C@@H]3C=C[C@@]2(O3)[C@@H]1C(=O)N[C@@H]1CCC[C@H](C)[C@H]1C. The molecule has 2 N–H and O–H groups in total. The number of rotatable bonds is 9. The van der Waals surface area contributed by atoms with Gasteiger partial charge in [0.05, 0.1) is 17.9 Å². The van der Waals surface area contributed by atoms with Crippen LogP contribution in [0.1, 0.15) is 71.3 Å². The van der Waals surface area contributed by atoms with Crippen molar-refractivity contribution < 1.29 is 19.1 Å². The molecule has 3 fully saturated rings. The first kappa shape index (κ1) is 28.2. The maximum absolute atomic E-state index is 14.1. The van der Waals surface area contributed by atoms with Crippen LogP contribution in [0.2, 0.25) is 5.02 Å². The molecule has 3 amide bonds. The van der Waals surface area contributed by atoms with Crippen LogP contribution in [0.4, 0.5) is 5.69 Å². The Labute approximate surface area is 237 Å². The monoisotopic (exact) mass is 555 g/mol. The van der Waals surface area contributed by atoms with Gasteiger partial charge >= 0.3 is 0 Å². The van der Waals surface area contributed by atoms with Gasteiger partial charge in [0, 0.05) is 23.3 Å². The third kappa shape index (κ3) is 5.01. The van der Waals surface area contributed by atoms with Crippen LogP contribution in [0.15, 0.2) is 30.4 Å². The number of amides is 3. The molecule has 1 aromatic carbocycles. The van der Waals surface area contributed by atoms with Crippen LogP contribution in [0.5, 0.6) is 0 Å². The highest BCUT2D eigenvalue weighted by atomic mass is 35.5. The number of carbonyl (C=O) groups is 3. The molecule has 3 aliphatic heterocycles. The maximum atomic E-state index is 14.1. The first-order valence-corrected chi connectivity index (χ1v) is 15.1. The second-order valence-corrected chi connectivity index (χ2v) is 12.5. The minimum atomic E-state index is -1.13. The topological polar surface area (TPSA) is 87.7 Å². The Morgan fingerprint density at radius 2 is 1.95 bits per heavy atom. The Bertz CT molecular complexity index is 1150. The van der Waals surface area contributed by atoms with E-state index >= 15 is 0 Å². The van der Waals surface area contributed by atoms with Crippen molar-refractivity contribution in [3.63, 3.8) is 0 Å². The molecule has 3 heterocycles. The number of unbranched alkanes of at least 4 members (excludes halogenated alkanes) is 3. The van der Waals surface area contributed by atoms with Gasteiger partial charge in [-0.3, -0.25) is 14.4 Å². The second-order valence-electron chi connectivity index (χ2n) is 12.1. The summed E-state index contributed by atoms with van der Waals surface area (Å²) in [4.78, 5) is 43.4. The third-order valence-electron chi connectivity index (χ3n) is 9.65. The van der Waals surface area contributed by atoms with E-state index in [1.165, 1.54) is 6.42 Å². The number of nitrogens with one attached hydrogen (secondary N) is 2. The Kier molecular flexibility index (Phi) is 8.12. The number of halogens is 1. The highest BCUT2D eigenvalue weighted by Crippen LogP contribution is 2.55. The van der Waals surface area contributed by atoms with E-state index in [4.69, 9.17) is 16.3 Å². The summed E-state index contributed by atoms with van der Waals surface area (Å²) in [5.41, 5.74) is 0.362. The lowest BCUT2D eigenvalue weighted by molar-refractivity contribution is -0.141. The van der Waals surface area contributed by atoms with Crippen molar-refractivity contribution in [1.82, 2.24) is 10.2 Å². The van der Waals surface area contributed by atoms with Crippen LogP contribution in [0, 0.1) is 30.6 Å². The van der Waals surface area contributed by atoms with Crippen LogP contribution < -0.4 is 10.6 Å². The van der Waals surface area contributed by atoms with Gasteiger partial charge in [-0.2, -0.15) is 0 Å². The van der Waals surface area contributed by atoms with Crippen molar-refractivity contribution in [2.75, 3.05) is 11.9 Å². The standard InChI is InChI=1S/C31H42ClN3O4/c1-5-6-7-8-16-35-27(29(37)34-23-11-9-10-18(2)20(23)4)31-15-14-24(39-31)25(26(31)30(35)38)28(36)33-21-13-12-19(3)22(32)17-21/h12-15,17-18,20,23-27H,5-11,16H2,1-4H3,(H,33,36)(H,34,37)/t18-,20+,23+,24-,25+,26-,27-,31-/m0/s1. The summed E-state index contributed by atoms with van der Waals surface area (Å²) in [7, 11) is 0. The van der Waals surface area contributed by atoms with Crippen LogP contribution in [-0.2, 0) is 19.1 Å². The van der Waals surface area contributed by atoms with Gasteiger partial charge in [0.1, 0.15) is 11.6 Å². The van der Waals surface area contributed by atoms with E-state index in [9.17, 15) is 14.4 Å². The van der Waals surface area contributed by atoms with E-state index in [0.29, 0.717) is 29.1 Å². The highest BCUT2D eigenvalue weighted by molar-refractivity contribution is 6.31. The minimum Gasteiger partial charge on any atom is -0.359 e. The third-order valence-corrected chi connectivity index (χ3v) is 10.1. The van der Waals surface area contributed by atoms with Gasteiger partial charge in [-0.15, -0.1) is 0 Å². The predicted octanol–water partition coefficient (Wildman–Crippen LogP) is 5.26. The molecule has 2 bridgehead atoms. The predicted molar refractivity (Wildman–Crippen MR) is 152 cm³/mol. The minimum absolute atomic E-state index is 0.0710. The van der Waals surface area contributed by atoms with Gasteiger partial charge in [0.25, 0.3) is 0 Å². The van der Waals surface area contributed by atoms with Crippen LogP contribution in [-0.4, -0.2) is 53.0 Å². The van der Waals surface area contributed by atoms with E-state index in [1.54, 1.807) is 17.0 Å². The number of nitrogens with zero attached hydrogens (tertiary/aromatic N) is 1. The van der Waals surface area contributed by atoms with Gasteiger partial charge in [0.15, 0.2) is 0 Å². The number of ether oxygens (including phenoxy) is 1. The highest BCUT2D eigenvalue weighted by Gasteiger charge is 2.72. The molecule has 0 unspecified atom stereocenters. The summed E-state index contributed by atoms with van der Waals surface area (Å²) < 4.78 is 6.48. The molecular weight excluding hydrogens is 514 g/mol. The van der Waals surface area contributed by atoms with Crippen LogP contribution in [0.3, 0.4) is 0 Å². The lowest BCUT2D eigenvalue weighted by Gasteiger charge is -2.38. The number of fused-ring (bicyclic) bond motifs is 1. The average molecular weight is 556 g/mol. The molecular formula is C31H42ClN3O4. The molecule has 39 heavy (non-hydrogen) atoms. The number of benzene rings is 1. The Hall–Kier alpha value is -2.38. The number of anilines is 1. The van der Waals surface area contributed by atoms with Crippen LogP contribution >= 0.6 is 11.6 Å². The summed E-state index contributed by atoms with van der Waals surface area (Å²) >= 11 is 6.28. The molecule has 212 valence electrons. The summed E-state index contributed by atoms with van der Waals surface area (Å²) in [6.07, 6.45) is 10.3. The first-order valence-electron chi connectivity index (χ1n) is 14.7. The van der Waals surface area contributed by atoms with Crippen molar-refractivity contribution in [2.45, 2.75) is 96.4 Å². The van der Waals surface area contributed by atoms with Gasteiger partial charge in [-0.1, -0.05) is 82.7 Å². The molecule has 0 radical (unpaired) electrons. The van der Waals surface area contributed by atoms with E-state index in [2.05, 4.69) is 31.4 Å². The van der Waals surface area contributed by atoms with Crippen molar-refractivity contribution in [3.8, 4) is 0 Å². The molecule has 0 aromatic heterocycles. The molecule has 1 spiro atoms. The van der Waals surface area contributed by atoms with Gasteiger partial charge in [0.2, 0.25) is 17.7 Å². The van der Waals surface area contributed by atoms with Gasteiger partial charge < -0.3 is 20.3 Å². The van der Waals surface area contributed by atoms with Crippen molar-refractivity contribution in [1.29, 1.82) is 0 Å². The zero-order valence-electron chi connectivity index (χ0n) is 23.5. The Balaban J connectivity index is 1.41. The van der Waals surface area contributed by atoms with E-state index in [-0.39, 0.29) is 23.8 Å². The molecule has 4 aliphatic rings. The zero-order valence-corrected chi connectivity index (χ0v) is 24.3. The fourth-order valence-corrected chi connectivity index (χ4v) is 7.34. The largest absolute Gasteiger partial charge is 0.359 e. The summed E-state index contributed by atoms with van der Waals surface area (Å²) in [6, 6.07) is 4.66. The molecule has 1 saturated carbocycles. The average Bonchev–Trinajstić information content (AvgIpc) is 3.54. The van der Waals surface area contributed by atoms with Crippen molar-refractivity contribution >= 4 is 35.0 Å². The number of hydrogen-bond donors (Lipinski definition) is 2. The van der Waals surface area contributed by atoms with Gasteiger partial charge in [-0.05, 0) is 49.3 Å². The quantitative estimate of drug-likeness (QED) is 0.321. The number of hydrogen-bond acceptors (Lipinski definition) is 4. The Morgan fingerprint density at radius 3 is 2.69 bits per heavy atom. The number of likely N-dealkylation sites (tertiary alicyclic amines) is 1. The fraction of sp³-hybridized carbons (Fsp3) is 0.645. The van der Waals surface area contributed by atoms with E-state index in [0.717, 1.165) is 44.1 Å². The van der Waals surface area contributed by atoms with Crippen molar-refractivity contribution in [2.24, 2.45) is 23.7 Å². The lowest BCUT2D eigenvalue weighted by atomic mass is 9.73. The summed E-state index contributed by atoms with van der Waals surface area (Å²) in [6.45, 7) is 8.97. The van der Waals surface area contributed by atoms with Crippen LogP contribution in [0.25, 0.3) is 0 Å². The molecule has 7 nitrogen and oxygen atoms in total.